The normalized spacial score (nSPS) is 23.4. The first-order chi connectivity index (χ1) is 11.6. The van der Waals surface area contributed by atoms with Gasteiger partial charge in [0.05, 0.1) is 6.61 Å². The maximum atomic E-state index is 12.4. The number of rotatable bonds is 5. The van der Waals surface area contributed by atoms with Crippen molar-refractivity contribution in [2.24, 2.45) is 0 Å². The minimum Gasteiger partial charge on any atom is -0.366 e. The second-order valence-electron chi connectivity index (χ2n) is 7.55. The van der Waals surface area contributed by atoms with Crippen LogP contribution in [-0.2, 0) is 14.9 Å². The number of ether oxygens (including phenoxy) is 1. The molecule has 4 nitrogen and oxygen atoms in total. The van der Waals surface area contributed by atoms with Gasteiger partial charge in [-0.05, 0) is 29.9 Å². The largest absolute Gasteiger partial charge is 0.366 e. The first-order valence-corrected chi connectivity index (χ1v) is 9.31. The van der Waals surface area contributed by atoms with Gasteiger partial charge in [0.2, 0.25) is 5.91 Å². The quantitative estimate of drug-likeness (QED) is 0.873. The molecule has 1 amide bonds. The molecule has 1 saturated carbocycles. The molecule has 1 unspecified atom stereocenters. The molecule has 0 spiro atoms. The molecule has 132 valence electrons. The van der Waals surface area contributed by atoms with Gasteiger partial charge in [0, 0.05) is 25.0 Å². The average molecular weight is 330 g/mol. The van der Waals surface area contributed by atoms with Crippen LogP contribution in [-0.4, -0.2) is 38.3 Å². The summed E-state index contributed by atoms with van der Waals surface area (Å²) in [5.74, 6) is 0.571. The summed E-state index contributed by atoms with van der Waals surface area (Å²) in [5, 5.41) is 6.38. The smallest absolute Gasteiger partial charge is 0.250 e. The molecule has 2 aliphatic rings. The lowest BCUT2D eigenvalue weighted by atomic mass is 9.78. The van der Waals surface area contributed by atoms with Crippen LogP contribution >= 0.6 is 0 Å². The molecule has 4 heteroatoms. The van der Waals surface area contributed by atoms with Gasteiger partial charge in [-0.15, -0.1) is 0 Å². The summed E-state index contributed by atoms with van der Waals surface area (Å²) >= 11 is 0. The molecule has 0 aromatic heterocycles. The molecule has 3 rings (SSSR count). The number of hydrogen-bond acceptors (Lipinski definition) is 3. The van der Waals surface area contributed by atoms with Gasteiger partial charge in [0.1, 0.15) is 6.10 Å². The van der Waals surface area contributed by atoms with Gasteiger partial charge in [-0.3, -0.25) is 4.79 Å². The Kier molecular flexibility index (Phi) is 5.57. The van der Waals surface area contributed by atoms with Crippen LogP contribution in [0.1, 0.15) is 56.6 Å². The zero-order chi connectivity index (χ0) is 17.0. The second kappa shape index (κ2) is 7.66. The van der Waals surface area contributed by atoms with E-state index in [2.05, 4.69) is 48.7 Å². The molecule has 1 saturated heterocycles. The van der Waals surface area contributed by atoms with Crippen molar-refractivity contribution < 1.29 is 9.53 Å². The zero-order valence-corrected chi connectivity index (χ0v) is 14.9. The van der Waals surface area contributed by atoms with Crippen LogP contribution in [0.25, 0.3) is 0 Å². The minimum absolute atomic E-state index is 0.0206. The minimum atomic E-state index is -0.347. The molecule has 0 bridgehead atoms. The molecular weight excluding hydrogens is 300 g/mol. The molecule has 1 aromatic carbocycles. The van der Waals surface area contributed by atoms with Crippen LogP contribution in [0.4, 0.5) is 0 Å². The Bertz CT molecular complexity index is 541. The topological polar surface area (TPSA) is 50.4 Å². The highest BCUT2D eigenvalue weighted by Crippen LogP contribution is 2.41. The van der Waals surface area contributed by atoms with E-state index in [1.807, 2.05) is 0 Å². The number of morpholine rings is 1. The first kappa shape index (κ1) is 17.4. The highest BCUT2D eigenvalue weighted by atomic mass is 16.5. The van der Waals surface area contributed by atoms with E-state index in [-0.39, 0.29) is 17.4 Å². The first-order valence-electron chi connectivity index (χ1n) is 9.31. The fourth-order valence-corrected chi connectivity index (χ4v) is 3.94. The van der Waals surface area contributed by atoms with Gasteiger partial charge >= 0.3 is 0 Å². The molecule has 1 atom stereocenters. The fraction of sp³-hybridized carbons (Fsp3) is 0.650. The summed E-state index contributed by atoms with van der Waals surface area (Å²) in [7, 11) is 0. The standard InChI is InChI=1S/C20H30N2O2/c1-15(2)16-5-7-17(8-6-16)20(9-3-4-10-20)14-22-19(23)18-13-21-11-12-24-18/h5-8,15,18,21H,3-4,9-14H2,1-2H3,(H,22,23). The second-order valence-corrected chi connectivity index (χ2v) is 7.55. The summed E-state index contributed by atoms with van der Waals surface area (Å²) in [4.78, 5) is 12.4. The van der Waals surface area contributed by atoms with Crippen molar-refractivity contribution in [3.05, 3.63) is 35.4 Å². The molecule has 1 aromatic rings. The highest BCUT2D eigenvalue weighted by molar-refractivity contribution is 5.81. The van der Waals surface area contributed by atoms with Crippen molar-refractivity contribution in [1.29, 1.82) is 0 Å². The van der Waals surface area contributed by atoms with Gasteiger partial charge < -0.3 is 15.4 Å². The van der Waals surface area contributed by atoms with Crippen molar-refractivity contribution in [2.75, 3.05) is 26.2 Å². The van der Waals surface area contributed by atoms with Crippen LogP contribution in [0.15, 0.2) is 24.3 Å². The number of carbonyl (C=O) groups is 1. The Morgan fingerprint density at radius 3 is 2.58 bits per heavy atom. The third-order valence-corrected chi connectivity index (χ3v) is 5.57. The van der Waals surface area contributed by atoms with E-state index in [1.165, 1.54) is 24.0 Å². The van der Waals surface area contributed by atoms with E-state index in [9.17, 15) is 4.79 Å². The van der Waals surface area contributed by atoms with Crippen molar-refractivity contribution in [2.45, 2.75) is 57.0 Å². The summed E-state index contributed by atoms with van der Waals surface area (Å²) in [6.45, 7) is 7.21. The van der Waals surface area contributed by atoms with Gasteiger partial charge in [-0.25, -0.2) is 0 Å². The van der Waals surface area contributed by atoms with Crippen LogP contribution in [0.2, 0.25) is 0 Å². The summed E-state index contributed by atoms with van der Waals surface area (Å²) in [6, 6.07) is 9.03. The molecule has 24 heavy (non-hydrogen) atoms. The van der Waals surface area contributed by atoms with E-state index in [0.29, 0.717) is 25.6 Å². The molecule has 1 aliphatic heterocycles. The Labute approximate surface area is 145 Å². The van der Waals surface area contributed by atoms with Crippen molar-refractivity contribution in [3.63, 3.8) is 0 Å². The lowest BCUT2D eigenvalue weighted by Gasteiger charge is -2.31. The number of benzene rings is 1. The maximum absolute atomic E-state index is 12.4. The Morgan fingerprint density at radius 2 is 2.00 bits per heavy atom. The highest BCUT2D eigenvalue weighted by Gasteiger charge is 2.36. The zero-order valence-electron chi connectivity index (χ0n) is 14.9. The Balaban J connectivity index is 1.68. The van der Waals surface area contributed by atoms with Crippen LogP contribution < -0.4 is 10.6 Å². The van der Waals surface area contributed by atoms with E-state index in [4.69, 9.17) is 4.74 Å². The number of amides is 1. The summed E-state index contributed by atoms with van der Waals surface area (Å²) < 4.78 is 5.56. The lowest BCUT2D eigenvalue weighted by molar-refractivity contribution is -0.134. The summed E-state index contributed by atoms with van der Waals surface area (Å²) in [6.07, 6.45) is 4.43. The van der Waals surface area contributed by atoms with Crippen LogP contribution in [0, 0.1) is 0 Å². The van der Waals surface area contributed by atoms with Crippen LogP contribution in [0.5, 0.6) is 0 Å². The van der Waals surface area contributed by atoms with E-state index >= 15 is 0 Å². The molecule has 2 fully saturated rings. The fourth-order valence-electron chi connectivity index (χ4n) is 3.94. The predicted octanol–water partition coefficient (Wildman–Crippen LogP) is 2.73. The van der Waals surface area contributed by atoms with Gasteiger partial charge in [-0.1, -0.05) is 51.0 Å². The Morgan fingerprint density at radius 1 is 1.29 bits per heavy atom. The molecule has 1 heterocycles. The summed E-state index contributed by atoms with van der Waals surface area (Å²) in [5.41, 5.74) is 2.83. The molecule has 1 aliphatic carbocycles. The maximum Gasteiger partial charge on any atom is 0.250 e. The predicted molar refractivity (Wildman–Crippen MR) is 96.3 cm³/mol. The van der Waals surface area contributed by atoms with Crippen LogP contribution in [0.3, 0.4) is 0 Å². The van der Waals surface area contributed by atoms with E-state index in [1.54, 1.807) is 0 Å². The number of nitrogens with one attached hydrogen (secondary N) is 2. The van der Waals surface area contributed by atoms with Crippen molar-refractivity contribution >= 4 is 5.91 Å². The number of carbonyl (C=O) groups excluding carboxylic acids is 1. The third-order valence-electron chi connectivity index (χ3n) is 5.57. The molecule has 2 N–H and O–H groups in total. The third kappa shape index (κ3) is 3.81. The molecule has 0 radical (unpaired) electrons. The van der Waals surface area contributed by atoms with Gasteiger partial charge in [-0.2, -0.15) is 0 Å². The van der Waals surface area contributed by atoms with E-state index < -0.39 is 0 Å². The van der Waals surface area contributed by atoms with Gasteiger partial charge in [0.15, 0.2) is 0 Å². The SMILES string of the molecule is CC(C)c1ccc(C2(CNC(=O)C3CNCCO3)CCCC2)cc1. The van der Waals surface area contributed by atoms with Crippen molar-refractivity contribution in [3.8, 4) is 0 Å². The average Bonchev–Trinajstić information content (AvgIpc) is 3.11. The monoisotopic (exact) mass is 330 g/mol. The molecular formula is C20H30N2O2. The number of hydrogen-bond donors (Lipinski definition) is 2. The van der Waals surface area contributed by atoms with Gasteiger partial charge in [0.25, 0.3) is 0 Å². The van der Waals surface area contributed by atoms with E-state index in [0.717, 1.165) is 19.4 Å². The Hall–Kier alpha value is -1.39. The lowest BCUT2D eigenvalue weighted by Crippen LogP contribution is -2.50. The van der Waals surface area contributed by atoms with Crippen molar-refractivity contribution in [1.82, 2.24) is 10.6 Å².